The van der Waals surface area contributed by atoms with Crippen molar-refractivity contribution in [2.75, 3.05) is 26.2 Å². The summed E-state index contributed by atoms with van der Waals surface area (Å²) < 4.78 is 0. The van der Waals surface area contributed by atoms with E-state index >= 15 is 0 Å². The van der Waals surface area contributed by atoms with Gasteiger partial charge in [-0.2, -0.15) is 0 Å². The van der Waals surface area contributed by atoms with Crippen LogP contribution in [0, 0.1) is 0 Å². The number of nitrogens with zero attached hydrogens (tertiary/aromatic N) is 2. The fourth-order valence-corrected chi connectivity index (χ4v) is 3.32. The van der Waals surface area contributed by atoms with Crippen LogP contribution in [0.3, 0.4) is 0 Å². The molecule has 0 aromatic rings. The number of likely N-dealkylation sites (tertiary alicyclic amines) is 1. The lowest BCUT2D eigenvalue weighted by Gasteiger charge is -2.22. The fourth-order valence-electron chi connectivity index (χ4n) is 3.32. The van der Waals surface area contributed by atoms with Crippen LogP contribution in [0.5, 0.6) is 0 Å². The summed E-state index contributed by atoms with van der Waals surface area (Å²) in [7, 11) is 0. The summed E-state index contributed by atoms with van der Waals surface area (Å²) >= 11 is 0. The van der Waals surface area contributed by atoms with E-state index in [9.17, 15) is 24.0 Å². The fraction of sp³-hybridized carbons (Fsp3) is 0.722. The lowest BCUT2D eigenvalue weighted by atomic mass is 10.2. The van der Waals surface area contributed by atoms with Gasteiger partial charge >= 0.3 is 5.97 Å². The zero-order valence-electron chi connectivity index (χ0n) is 16.2. The molecule has 10 heteroatoms. The second-order valence-corrected chi connectivity index (χ2v) is 6.92. The Hall–Kier alpha value is -2.49. The van der Waals surface area contributed by atoms with Gasteiger partial charge in [0.05, 0.1) is 13.0 Å². The molecular weight excluding hydrogens is 376 g/mol. The molecule has 2 heterocycles. The van der Waals surface area contributed by atoms with E-state index in [-0.39, 0.29) is 50.6 Å². The number of amides is 4. The van der Waals surface area contributed by atoms with Gasteiger partial charge in [-0.15, -0.1) is 5.06 Å². The predicted molar refractivity (Wildman–Crippen MR) is 97.3 cm³/mol. The highest BCUT2D eigenvalue weighted by Gasteiger charge is 2.32. The molecule has 2 fully saturated rings. The average molecular weight is 404 g/mol. The van der Waals surface area contributed by atoms with Crippen LogP contribution in [-0.2, 0) is 28.8 Å². The van der Waals surface area contributed by atoms with Crippen molar-refractivity contribution in [1.29, 1.82) is 0 Å². The summed E-state index contributed by atoms with van der Waals surface area (Å²) in [6.45, 7) is 3.63. The molecule has 0 bridgehead atoms. The van der Waals surface area contributed by atoms with Crippen LogP contribution in [-0.4, -0.2) is 71.8 Å². The molecule has 2 aliphatic rings. The van der Waals surface area contributed by atoms with Crippen molar-refractivity contribution in [3.8, 4) is 0 Å². The zero-order valence-corrected chi connectivity index (χ0v) is 16.2. The quantitative estimate of drug-likeness (QED) is 0.285. The molecule has 0 aromatic carbocycles. The van der Waals surface area contributed by atoms with Gasteiger partial charge in [0, 0.05) is 38.4 Å². The molecule has 10 nitrogen and oxygen atoms in total. The Balaban J connectivity index is 1.54. The molecule has 1 atom stereocenters. The number of hydrogen-bond donors (Lipinski definition) is 2. The third-order valence-electron chi connectivity index (χ3n) is 4.84. The molecule has 0 saturated carbocycles. The molecule has 2 aliphatic heterocycles. The van der Waals surface area contributed by atoms with Crippen LogP contribution in [0.25, 0.3) is 0 Å². The first kappa shape index (κ1) is 21.8. The minimum atomic E-state index is -0.770. The Bertz CT molecular complexity index is 607. The van der Waals surface area contributed by atoms with Crippen LogP contribution in [0.1, 0.15) is 51.9 Å². The number of hydroxylamine groups is 2. The Morgan fingerprint density at radius 2 is 1.68 bits per heavy atom. The molecule has 0 aromatic heterocycles. The van der Waals surface area contributed by atoms with Crippen LogP contribution >= 0.6 is 0 Å². The summed E-state index contributed by atoms with van der Waals surface area (Å²) in [5.41, 5.74) is 0. The van der Waals surface area contributed by atoms with Gasteiger partial charge in [0.25, 0.3) is 11.8 Å². The van der Waals surface area contributed by atoms with E-state index in [1.165, 1.54) is 0 Å². The highest BCUT2D eigenvalue weighted by atomic mass is 16.8. The molecule has 1 unspecified atom stereocenters. The Morgan fingerprint density at radius 1 is 1.04 bits per heavy atom. The van der Waals surface area contributed by atoms with Crippen LogP contribution in [0.2, 0.25) is 0 Å². The van der Waals surface area contributed by atoms with Gasteiger partial charge in [-0.3, -0.25) is 24.1 Å². The summed E-state index contributed by atoms with van der Waals surface area (Å²) in [5.74, 6) is -2.27. The molecule has 0 spiro atoms. The van der Waals surface area contributed by atoms with Crippen LogP contribution < -0.4 is 10.6 Å². The normalized spacial score (nSPS) is 19.8. The van der Waals surface area contributed by atoms with Gasteiger partial charge in [-0.05, 0) is 25.8 Å². The number of imide groups is 1. The van der Waals surface area contributed by atoms with E-state index in [0.29, 0.717) is 17.6 Å². The second kappa shape index (κ2) is 10.7. The van der Waals surface area contributed by atoms with Crippen molar-refractivity contribution >= 4 is 29.6 Å². The molecule has 0 radical (unpaired) electrons. The molecule has 156 valence electrons. The van der Waals surface area contributed by atoms with E-state index in [4.69, 9.17) is 4.84 Å². The van der Waals surface area contributed by atoms with Crippen LogP contribution in [0.4, 0.5) is 0 Å². The maximum Gasteiger partial charge on any atom is 0.334 e. The minimum Gasteiger partial charge on any atom is -0.355 e. The van der Waals surface area contributed by atoms with Gasteiger partial charge < -0.3 is 15.5 Å². The largest absolute Gasteiger partial charge is 0.355 e. The molecule has 2 N–H and O–H groups in total. The molecule has 28 heavy (non-hydrogen) atoms. The van der Waals surface area contributed by atoms with Crippen molar-refractivity contribution in [1.82, 2.24) is 20.6 Å². The third kappa shape index (κ3) is 6.59. The van der Waals surface area contributed by atoms with Crippen molar-refractivity contribution in [2.45, 2.75) is 57.9 Å². The number of carbonyl (C=O) groups is 5. The van der Waals surface area contributed by atoms with Gasteiger partial charge in [-0.1, -0.05) is 6.92 Å². The smallest absolute Gasteiger partial charge is 0.334 e. The van der Waals surface area contributed by atoms with E-state index in [2.05, 4.69) is 22.5 Å². The number of nitrogens with one attached hydrogen (secondary N) is 2. The number of rotatable bonds is 10. The molecular formula is C18H28N4O6. The number of carbonyl (C=O) groups excluding carboxylic acids is 5. The summed E-state index contributed by atoms with van der Waals surface area (Å²) in [4.78, 5) is 64.9. The SMILES string of the molecule is CCC1CCCN1CC(=O)[15NH][13CH2][13CH2][13C](=O)[15NH][13CH2][13CH2][13C](=O)ON1C(=O)CCC1=O. The zero-order chi connectivity index (χ0) is 20.5. The monoisotopic (exact) mass is 404 g/mol. The van der Waals surface area contributed by atoms with Crippen molar-refractivity contribution in [2.24, 2.45) is 0 Å². The van der Waals surface area contributed by atoms with E-state index in [0.717, 1.165) is 25.8 Å². The van der Waals surface area contributed by atoms with Crippen molar-refractivity contribution < 1.29 is 28.8 Å². The van der Waals surface area contributed by atoms with Gasteiger partial charge in [0.1, 0.15) is 0 Å². The molecule has 2 rings (SSSR count). The Kier molecular flexibility index (Phi) is 8.37. The summed E-state index contributed by atoms with van der Waals surface area (Å²) in [6, 6.07) is 0.458. The maximum atomic E-state index is 12.0. The highest BCUT2D eigenvalue weighted by Crippen LogP contribution is 2.18. The van der Waals surface area contributed by atoms with Gasteiger partial charge in [0.15, 0.2) is 0 Å². The predicted octanol–water partition coefficient (Wildman–Crippen LogP) is -0.519. The third-order valence-corrected chi connectivity index (χ3v) is 4.84. The van der Waals surface area contributed by atoms with E-state index in [1.54, 1.807) is 0 Å². The average Bonchev–Trinajstić information content (AvgIpc) is 3.22. The lowest BCUT2D eigenvalue weighted by molar-refractivity contribution is -0.197. The lowest BCUT2D eigenvalue weighted by Crippen LogP contribution is -2.40. The second-order valence-electron chi connectivity index (χ2n) is 6.92. The first-order chi connectivity index (χ1) is 13.4. The first-order valence-corrected chi connectivity index (χ1v) is 9.74. The van der Waals surface area contributed by atoms with E-state index < -0.39 is 17.8 Å². The maximum absolute atomic E-state index is 12.0. The Morgan fingerprint density at radius 3 is 2.36 bits per heavy atom. The standard InChI is InChI=1S/C18H28N4O6/c1-2-13-4-3-11-21(13)12-15(24)20-9-7-14(23)19-10-8-18(27)28-22-16(25)5-6-17(22)26/h13H,2-12H2,1H3,(H,19,23)(H,20,24)/i7+1,8+1,9+1,10+1,14+1,18+1,19+1,20+1. The van der Waals surface area contributed by atoms with E-state index in [1.807, 2.05) is 0 Å². The van der Waals surface area contributed by atoms with Gasteiger partial charge in [0.2, 0.25) is 11.8 Å². The first-order valence-electron chi connectivity index (χ1n) is 9.74. The summed E-state index contributed by atoms with van der Waals surface area (Å²) in [5, 5.41) is 5.74. The van der Waals surface area contributed by atoms with Gasteiger partial charge in [-0.25, -0.2) is 4.79 Å². The highest BCUT2D eigenvalue weighted by molar-refractivity contribution is 6.01. The van der Waals surface area contributed by atoms with Crippen molar-refractivity contribution in [3.63, 3.8) is 0 Å². The topological polar surface area (TPSA) is 125 Å². The van der Waals surface area contributed by atoms with Crippen LogP contribution in [0.15, 0.2) is 0 Å². The number of hydrogen-bond acceptors (Lipinski definition) is 7. The summed E-state index contributed by atoms with van der Waals surface area (Å²) in [6.07, 6.45) is 3.25. The molecule has 2 saturated heterocycles. The molecule has 0 aliphatic carbocycles. The Labute approximate surface area is 163 Å². The minimum absolute atomic E-state index is 0.0216. The molecule has 4 amide bonds. The van der Waals surface area contributed by atoms with Crippen molar-refractivity contribution in [3.05, 3.63) is 0 Å².